The molecule has 0 aliphatic rings. The second kappa shape index (κ2) is 8.92. The Kier molecular flexibility index (Phi) is 5.89. The zero-order chi connectivity index (χ0) is 18.9. The Hall–Kier alpha value is -3.98. The molecule has 0 fully saturated rings. The largest absolute Gasteiger partial charge is 0.484 e. The Balaban J connectivity index is 1.50. The lowest BCUT2D eigenvalue weighted by atomic mass is 10.2. The summed E-state index contributed by atoms with van der Waals surface area (Å²) in [6.45, 7) is -0.124. The van der Waals surface area contributed by atoms with Gasteiger partial charge in [-0.05, 0) is 60.7 Å². The summed E-state index contributed by atoms with van der Waals surface area (Å²) < 4.78 is 5.40. The van der Waals surface area contributed by atoms with Crippen molar-refractivity contribution in [1.29, 1.82) is 5.26 Å². The molecule has 0 saturated carbocycles. The lowest BCUT2D eigenvalue weighted by molar-refractivity contribution is -0.118. The van der Waals surface area contributed by atoms with Gasteiger partial charge in [-0.1, -0.05) is 18.2 Å². The number of rotatable bonds is 6. The molecule has 0 atom stereocenters. The molecule has 0 radical (unpaired) electrons. The first-order valence-corrected chi connectivity index (χ1v) is 8.22. The van der Waals surface area contributed by atoms with Crippen LogP contribution >= 0.6 is 0 Å². The second-order valence-electron chi connectivity index (χ2n) is 5.56. The topological polar surface area (TPSA) is 86.8 Å². The SMILES string of the molecule is N#Cc1ccc(OCC(=O)Nc2ccc(N=Nc3ccccc3)cc2)cc1. The summed E-state index contributed by atoms with van der Waals surface area (Å²) in [4.78, 5) is 12.0. The van der Waals surface area contributed by atoms with Gasteiger partial charge in [-0.2, -0.15) is 15.5 Å². The molecule has 0 heterocycles. The number of amides is 1. The van der Waals surface area contributed by atoms with E-state index < -0.39 is 0 Å². The number of azo groups is 1. The van der Waals surface area contributed by atoms with Crippen molar-refractivity contribution in [3.63, 3.8) is 0 Å². The van der Waals surface area contributed by atoms with E-state index in [1.54, 1.807) is 48.5 Å². The van der Waals surface area contributed by atoms with Gasteiger partial charge in [0.1, 0.15) is 5.75 Å². The van der Waals surface area contributed by atoms with Crippen molar-refractivity contribution < 1.29 is 9.53 Å². The molecule has 0 saturated heterocycles. The van der Waals surface area contributed by atoms with Crippen molar-refractivity contribution in [2.24, 2.45) is 10.2 Å². The number of anilines is 1. The average molecular weight is 356 g/mol. The van der Waals surface area contributed by atoms with Gasteiger partial charge in [0.2, 0.25) is 0 Å². The smallest absolute Gasteiger partial charge is 0.262 e. The van der Waals surface area contributed by atoms with Crippen molar-refractivity contribution in [3.05, 3.63) is 84.4 Å². The van der Waals surface area contributed by atoms with Gasteiger partial charge in [-0.25, -0.2) is 0 Å². The third kappa shape index (κ3) is 5.51. The summed E-state index contributed by atoms with van der Waals surface area (Å²) >= 11 is 0. The van der Waals surface area contributed by atoms with E-state index in [1.165, 1.54) is 0 Å². The third-order valence-corrected chi connectivity index (χ3v) is 3.54. The molecule has 1 amide bonds. The molecule has 3 aromatic carbocycles. The van der Waals surface area contributed by atoms with Crippen molar-refractivity contribution in [3.8, 4) is 11.8 Å². The molecule has 0 aliphatic heterocycles. The second-order valence-corrected chi connectivity index (χ2v) is 5.56. The minimum atomic E-state index is -0.280. The van der Waals surface area contributed by atoms with Crippen LogP contribution in [0.1, 0.15) is 5.56 Å². The van der Waals surface area contributed by atoms with Gasteiger partial charge in [0.15, 0.2) is 6.61 Å². The van der Waals surface area contributed by atoms with Gasteiger partial charge in [-0.15, -0.1) is 0 Å². The number of nitriles is 1. The van der Waals surface area contributed by atoms with Gasteiger partial charge < -0.3 is 10.1 Å². The van der Waals surface area contributed by atoms with Gasteiger partial charge in [0.25, 0.3) is 5.91 Å². The fraction of sp³-hybridized carbons (Fsp3) is 0.0476. The molecule has 27 heavy (non-hydrogen) atoms. The first-order valence-electron chi connectivity index (χ1n) is 8.22. The van der Waals surface area contributed by atoms with Crippen LogP contribution in [0.15, 0.2) is 89.1 Å². The van der Waals surface area contributed by atoms with Crippen LogP contribution in [0.5, 0.6) is 5.75 Å². The molecule has 132 valence electrons. The predicted octanol–water partition coefficient (Wildman–Crippen LogP) is 4.99. The van der Waals surface area contributed by atoms with Crippen LogP contribution in [0, 0.1) is 11.3 Å². The van der Waals surface area contributed by atoms with Crippen LogP contribution in [0.4, 0.5) is 17.1 Å². The first-order chi connectivity index (χ1) is 13.2. The van der Waals surface area contributed by atoms with Crippen LogP contribution in [-0.4, -0.2) is 12.5 Å². The third-order valence-electron chi connectivity index (χ3n) is 3.54. The molecule has 0 unspecified atom stereocenters. The van der Waals surface area contributed by atoms with Gasteiger partial charge >= 0.3 is 0 Å². The minimum absolute atomic E-state index is 0.124. The highest BCUT2D eigenvalue weighted by Crippen LogP contribution is 2.20. The number of nitrogens with one attached hydrogen (secondary N) is 1. The number of nitrogens with zero attached hydrogens (tertiary/aromatic N) is 3. The van der Waals surface area contributed by atoms with Crippen LogP contribution in [0.2, 0.25) is 0 Å². The van der Waals surface area contributed by atoms with E-state index in [4.69, 9.17) is 10.00 Å². The van der Waals surface area contributed by atoms with E-state index >= 15 is 0 Å². The van der Waals surface area contributed by atoms with Crippen LogP contribution in [-0.2, 0) is 4.79 Å². The van der Waals surface area contributed by atoms with Crippen LogP contribution in [0.3, 0.4) is 0 Å². The van der Waals surface area contributed by atoms with E-state index in [0.717, 1.165) is 5.69 Å². The van der Waals surface area contributed by atoms with Gasteiger partial charge in [0, 0.05) is 5.69 Å². The van der Waals surface area contributed by atoms with E-state index in [1.807, 2.05) is 36.4 Å². The zero-order valence-electron chi connectivity index (χ0n) is 14.4. The molecule has 6 nitrogen and oxygen atoms in total. The molecule has 0 aliphatic carbocycles. The molecular weight excluding hydrogens is 340 g/mol. The number of hydrogen-bond donors (Lipinski definition) is 1. The monoisotopic (exact) mass is 356 g/mol. The summed E-state index contributed by atoms with van der Waals surface area (Å²) in [5.74, 6) is 0.249. The maximum atomic E-state index is 12.0. The normalized spacial score (nSPS) is 10.3. The van der Waals surface area contributed by atoms with E-state index in [2.05, 4.69) is 15.5 Å². The lowest BCUT2D eigenvalue weighted by Gasteiger charge is -2.07. The maximum Gasteiger partial charge on any atom is 0.262 e. The zero-order valence-corrected chi connectivity index (χ0v) is 14.4. The fourth-order valence-electron chi connectivity index (χ4n) is 2.19. The summed E-state index contributed by atoms with van der Waals surface area (Å²) in [5.41, 5.74) is 2.64. The van der Waals surface area contributed by atoms with Crippen molar-refractivity contribution in [2.45, 2.75) is 0 Å². The molecule has 3 aromatic rings. The Bertz CT molecular complexity index is 960. The number of ether oxygens (including phenoxy) is 1. The molecule has 0 spiro atoms. The van der Waals surface area contributed by atoms with Crippen molar-refractivity contribution >= 4 is 23.0 Å². The van der Waals surface area contributed by atoms with E-state index in [0.29, 0.717) is 22.7 Å². The highest BCUT2D eigenvalue weighted by Gasteiger charge is 2.04. The van der Waals surface area contributed by atoms with Gasteiger partial charge in [-0.3, -0.25) is 4.79 Å². The number of benzene rings is 3. The Morgan fingerprint density at radius 2 is 1.52 bits per heavy atom. The number of hydrogen-bond acceptors (Lipinski definition) is 5. The molecule has 0 bridgehead atoms. The summed E-state index contributed by atoms with van der Waals surface area (Å²) in [6.07, 6.45) is 0. The molecular formula is C21H16N4O2. The highest BCUT2D eigenvalue weighted by atomic mass is 16.5. The average Bonchev–Trinajstić information content (AvgIpc) is 2.73. The van der Waals surface area contributed by atoms with Crippen molar-refractivity contribution in [2.75, 3.05) is 11.9 Å². The minimum Gasteiger partial charge on any atom is -0.484 e. The summed E-state index contributed by atoms with van der Waals surface area (Å²) in [7, 11) is 0. The fourth-order valence-corrected chi connectivity index (χ4v) is 2.19. The molecule has 1 N–H and O–H groups in total. The highest BCUT2D eigenvalue weighted by molar-refractivity contribution is 5.92. The first kappa shape index (κ1) is 17.8. The van der Waals surface area contributed by atoms with Crippen LogP contribution in [0.25, 0.3) is 0 Å². The van der Waals surface area contributed by atoms with Crippen LogP contribution < -0.4 is 10.1 Å². The summed E-state index contributed by atoms with van der Waals surface area (Å²) in [6, 6.07) is 25.1. The van der Waals surface area contributed by atoms with Crippen molar-refractivity contribution in [1.82, 2.24) is 0 Å². The Labute approximate surface area is 156 Å². The van der Waals surface area contributed by atoms with Gasteiger partial charge in [0.05, 0.1) is 23.0 Å². The summed E-state index contributed by atoms with van der Waals surface area (Å²) in [5, 5.41) is 19.8. The lowest BCUT2D eigenvalue weighted by Crippen LogP contribution is -2.20. The quantitative estimate of drug-likeness (QED) is 0.631. The molecule has 0 aromatic heterocycles. The van der Waals surface area contributed by atoms with E-state index in [-0.39, 0.29) is 12.5 Å². The number of carbonyl (C=O) groups excluding carboxylic acids is 1. The maximum absolute atomic E-state index is 12.0. The molecule has 6 heteroatoms. The Morgan fingerprint density at radius 3 is 2.15 bits per heavy atom. The Morgan fingerprint density at radius 1 is 0.889 bits per heavy atom. The van der Waals surface area contributed by atoms with E-state index in [9.17, 15) is 4.79 Å². The predicted molar refractivity (Wildman–Crippen MR) is 102 cm³/mol. The standard InChI is InChI=1S/C21H16N4O2/c22-14-16-6-12-20(13-7-16)27-15-21(26)23-17-8-10-19(11-9-17)25-24-18-4-2-1-3-5-18/h1-13H,15H2,(H,23,26). The molecule has 3 rings (SSSR count). The number of carbonyl (C=O) groups is 1.